The maximum atomic E-state index is 5.44. The number of likely N-dealkylation sites (tertiary alicyclic amines) is 1. The van der Waals surface area contributed by atoms with Crippen molar-refractivity contribution in [2.75, 3.05) is 55.0 Å². The van der Waals surface area contributed by atoms with Gasteiger partial charge in [0.1, 0.15) is 0 Å². The molecule has 1 unspecified atom stereocenters. The Labute approximate surface area is 158 Å². The van der Waals surface area contributed by atoms with Gasteiger partial charge in [0.05, 0.1) is 14.2 Å². The van der Waals surface area contributed by atoms with E-state index in [1.165, 1.54) is 30.5 Å². The molecular formula is C20H34N4O2. The molecule has 1 aromatic rings. The minimum absolute atomic E-state index is 0.682. The van der Waals surface area contributed by atoms with Crippen LogP contribution in [-0.4, -0.2) is 70.8 Å². The van der Waals surface area contributed by atoms with Crippen molar-refractivity contribution in [3.05, 3.63) is 23.3 Å². The van der Waals surface area contributed by atoms with Gasteiger partial charge in [-0.05, 0) is 62.5 Å². The van der Waals surface area contributed by atoms with E-state index >= 15 is 0 Å². The first-order valence-electron chi connectivity index (χ1n) is 9.30. The normalized spacial score (nSPS) is 18.5. The number of nitrogens with zero attached hydrogens (tertiary/aromatic N) is 3. The zero-order valence-electron chi connectivity index (χ0n) is 17.1. The van der Waals surface area contributed by atoms with Gasteiger partial charge in [0.25, 0.3) is 0 Å². The van der Waals surface area contributed by atoms with Gasteiger partial charge in [0.2, 0.25) is 0 Å². The maximum Gasteiger partial charge on any atom is 0.193 e. The fourth-order valence-electron chi connectivity index (χ4n) is 3.58. The van der Waals surface area contributed by atoms with Crippen molar-refractivity contribution in [2.45, 2.75) is 26.3 Å². The summed E-state index contributed by atoms with van der Waals surface area (Å²) in [6.45, 7) is 6.19. The first-order valence-corrected chi connectivity index (χ1v) is 9.30. The Kier molecular flexibility index (Phi) is 7.57. The summed E-state index contributed by atoms with van der Waals surface area (Å²) in [6, 6.07) is 4.07. The zero-order valence-corrected chi connectivity index (χ0v) is 17.1. The van der Waals surface area contributed by atoms with Crippen molar-refractivity contribution in [3.8, 4) is 11.5 Å². The van der Waals surface area contributed by atoms with Crippen molar-refractivity contribution < 1.29 is 9.47 Å². The number of piperidine rings is 1. The molecule has 0 aliphatic carbocycles. The van der Waals surface area contributed by atoms with Crippen LogP contribution >= 0.6 is 0 Å². The molecule has 0 saturated carbocycles. The highest BCUT2D eigenvalue weighted by molar-refractivity contribution is 5.79. The Hall–Kier alpha value is -1.95. The van der Waals surface area contributed by atoms with E-state index in [2.05, 4.69) is 41.1 Å². The molecule has 6 nitrogen and oxygen atoms in total. The second kappa shape index (κ2) is 9.67. The Morgan fingerprint density at radius 3 is 2.62 bits per heavy atom. The molecule has 0 spiro atoms. The highest BCUT2D eigenvalue weighted by Crippen LogP contribution is 2.30. The number of nitrogens with one attached hydrogen (secondary N) is 1. The monoisotopic (exact) mass is 362 g/mol. The van der Waals surface area contributed by atoms with Crippen molar-refractivity contribution in [1.82, 2.24) is 15.1 Å². The van der Waals surface area contributed by atoms with Crippen LogP contribution in [0.15, 0.2) is 17.1 Å². The average molecular weight is 363 g/mol. The van der Waals surface area contributed by atoms with Crippen LogP contribution in [0.25, 0.3) is 0 Å². The molecule has 1 saturated heterocycles. The van der Waals surface area contributed by atoms with Crippen molar-refractivity contribution >= 4 is 5.96 Å². The molecular weight excluding hydrogens is 328 g/mol. The number of ether oxygens (including phenoxy) is 2. The van der Waals surface area contributed by atoms with Crippen LogP contribution in [0.3, 0.4) is 0 Å². The molecule has 1 aliphatic heterocycles. The number of methoxy groups -OCH3 is 2. The van der Waals surface area contributed by atoms with Crippen LogP contribution in [0.4, 0.5) is 0 Å². The highest BCUT2D eigenvalue weighted by atomic mass is 16.5. The molecule has 1 aromatic carbocycles. The zero-order chi connectivity index (χ0) is 19.1. The molecule has 1 heterocycles. The summed E-state index contributed by atoms with van der Waals surface area (Å²) < 4.78 is 10.8. The van der Waals surface area contributed by atoms with Crippen LogP contribution < -0.4 is 14.8 Å². The Balaban J connectivity index is 1.99. The van der Waals surface area contributed by atoms with E-state index in [0.29, 0.717) is 5.92 Å². The third kappa shape index (κ3) is 5.27. The number of aliphatic imine (C=N–C) groups is 1. The summed E-state index contributed by atoms with van der Waals surface area (Å²) >= 11 is 0. The molecule has 0 amide bonds. The largest absolute Gasteiger partial charge is 0.493 e. The molecule has 0 bridgehead atoms. The molecule has 1 aliphatic rings. The fourth-order valence-corrected chi connectivity index (χ4v) is 3.58. The van der Waals surface area contributed by atoms with Crippen LogP contribution in [0, 0.1) is 12.8 Å². The van der Waals surface area contributed by atoms with Gasteiger partial charge in [0, 0.05) is 33.7 Å². The smallest absolute Gasteiger partial charge is 0.193 e. The number of aryl methyl sites for hydroxylation is 1. The molecule has 0 aromatic heterocycles. The summed E-state index contributed by atoms with van der Waals surface area (Å²) in [6.07, 6.45) is 2.56. The fraction of sp³-hybridized carbons (Fsp3) is 0.650. The van der Waals surface area contributed by atoms with E-state index in [-0.39, 0.29) is 0 Å². The standard InChI is InChI=1S/C20H34N4O2/c1-15-10-18(25-5)19(26-6)11-17(15)14-24(4)20(21-2)22-12-16-8-7-9-23(3)13-16/h10-11,16H,7-9,12-14H2,1-6H3,(H,21,22). The van der Waals surface area contributed by atoms with E-state index in [0.717, 1.165) is 37.1 Å². The van der Waals surface area contributed by atoms with Gasteiger partial charge < -0.3 is 24.6 Å². The van der Waals surface area contributed by atoms with Gasteiger partial charge in [-0.2, -0.15) is 0 Å². The van der Waals surface area contributed by atoms with Gasteiger partial charge in [-0.3, -0.25) is 4.99 Å². The van der Waals surface area contributed by atoms with Crippen LogP contribution in [0.2, 0.25) is 0 Å². The number of hydrogen-bond donors (Lipinski definition) is 1. The van der Waals surface area contributed by atoms with Gasteiger partial charge in [-0.1, -0.05) is 0 Å². The summed E-state index contributed by atoms with van der Waals surface area (Å²) in [5.74, 6) is 3.13. The molecule has 1 fully saturated rings. The van der Waals surface area contributed by atoms with E-state index < -0.39 is 0 Å². The van der Waals surface area contributed by atoms with Crippen LogP contribution in [-0.2, 0) is 6.54 Å². The van der Waals surface area contributed by atoms with Gasteiger partial charge in [-0.15, -0.1) is 0 Å². The number of rotatable bonds is 6. The topological polar surface area (TPSA) is 49.3 Å². The Morgan fingerprint density at radius 1 is 1.31 bits per heavy atom. The summed E-state index contributed by atoms with van der Waals surface area (Å²) in [7, 11) is 9.44. The lowest BCUT2D eigenvalue weighted by Gasteiger charge is -2.31. The predicted molar refractivity (Wildman–Crippen MR) is 107 cm³/mol. The number of benzene rings is 1. The summed E-state index contributed by atoms with van der Waals surface area (Å²) in [4.78, 5) is 9.02. The lowest BCUT2D eigenvalue weighted by molar-refractivity contribution is 0.209. The SMILES string of the molecule is CN=C(NCC1CCCN(C)C1)N(C)Cc1cc(OC)c(OC)cc1C. The molecule has 146 valence electrons. The third-order valence-electron chi connectivity index (χ3n) is 5.09. The van der Waals surface area contributed by atoms with Crippen molar-refractivity contribution in [3.63, 3.8) is 0 Å². The third-order valence-corrected chi connectivity index (χ3v) is 5.09. The Morgan fingerprint density at radius 2 is 2.00 bits per heavy atom. The average Bonchev–Trinajstić information content (AvgIpc) is 2.63. The number of guanidine groups is 1. The van der Waals surface area contributed by atoms with E-state index in [1.54, 1.807) is 14.2 Å². The lowest BCUT2D eigenvalue weighted by atomic mass is 9.98. The van der Waals surface area contributed by atoms with Crippen LogP contribution in [0.1, 0.15) is 24.0 Å². The number of hydrogen-bond acceptors (Lipinski definition) is 4. The predicted octanol–water partition coefficient (Wildman–Crippen LogP) is 2.36. The molecule has 2 rings (SSSR count). The summed E-state index contributed by atoms with van der Waals surface area (Å²) in [5, 5.41) is 3.54. The molecule has 0 radical (unpaired) electrons. The minimum atomic E-state index is 0.682. The second-order valence-corrected chi connectivity index (χ2v) is 7.19. The first kappa shape index (κ1) is 20.4. The van der Waals surface area contributed by atoms with Crippen molar-refractivity contribution in [1.29, 1.82) is 0 Å². The van der Waals surface area contributed by atoms with Gasteiger partial charge >= 0.3 is 0 Å². The minimum Gasteiger partial charge on any atom is -0.493 e. The Bertz CT molecular complexity index is 618. The second-order valence-electron chi connectivity index (χ2n) is 7.19. The molecule has 1 N–H and O–H groups in total. The highest BCUT2D eigenvalue weighted by Gasteiger charge is 2.18. The quantitative estimate of drug-likeness (QED) is 0.622. The maximum absolute atomic E-state index is 5.44. The lowest BCUT2D eigenvalue weighted by Crippen LogP contribution is -2.44. The van der Waals surface area contributed by atoms with E-state index in [1.807, 2.05) is 19.2 Å². The molecule has 1 atom stereocenters. The van der Waals surface area contributed by atoms with Crippen molar-refractivity contribution in [2.24, 2.45) is 10.9 Å². The molecule has 6 heteroatoms. The van der Waals surface area contributed by atoms with Crippen LogP contribution in [0.5, 0.6) is 11.5 Å². The van der Waals surface area contributed by atoms with Gasteiger partial charge in [-0.25, -0.2) is 0 Å². The summed E-state index contributed by atoms with van der Waals surface area (Å²) in [5.41, 5.74) is 2.38. The van der Waals surface area contributed by atoms with Gasteiger partial charge in [0.15, 0.2) is 17.5 Å². The first-order chi connectivity index (χ1) is 12.5. The van der Waals surface area contributed by atoms with E-state index in [9.17, 15) is 0 Å². The van der Waals surface area contributed by atoms with E-state index in [4.69, 9.17) is 9.47 Å². The molecule has 26 heavy (non-hydrogen) atoms.